The smallest absolute Gasteiger partial charge is 0.191 e. The summed E-state index contributed by atoms with van der Waals surface area (Å²) in [5.74, 6) is 2.46. The van der Waals surface area contributed by atoms with Crippen LogP contribution in [0.3, 0.4) is 0 Å². The molecule has 0 aliphatic carbocycles. The second-order valence-corrected chi connectivity index (χ2v) is 7.52. The van der Waals surface area contributed by atoms with Crippen molar-refractivity contribution in [1.29, 1.82) is 0 Å². The van der Waals surface area contributed by atoms with Crippen molar-refractivity contribution >= 4 is 33.3 Å². The van der Waals surface area contributed by atoms with Gasteiger partial charge in [-0.05, 0) is 36.4 Å². The van der Waals surface area contributed by atoms with Gasteiger partial charge in [0.2, 0.25) is 0 Å². The molecule has 0 atom stereocenters. The largest absolute Gasteiger partial charge is 0.497 e. The number of benzene rings is 2. The van der Waals surface area contributed by atoms with E-state index in [0.717, 1.165) is 38.6 Å². The van der Waals surface area contributed by atoms with Gasteiger partial charge in [-0.25, -0.2) is 4.98 Å². The van der Waals surface area contributed by atoms with E-state index in [1.807, 2.05) is 54.1 Å². The van der Waals surface area contributed by atoms with Crippen molar-refractivity contribution in [3.8, 4) is 17.1 Å². The Kier molecular flexibility index (Phi) is 4.42. The molecule has 4 aromatic rings. The number of nitrogens with zero attached hydrogens (tertiary/aromatic N) is 4. The molecule has 0 saturated heterocycles. The molecule has 2 aromatic heterocycles. The minimum Gasteiger partial charge on any atom is -0.497 e. The first-order chi connectivity index (χ1) is 12.2. The van der Waals surface area contributed by atoms with Crippen LogP contribution in [0.15, 0.2) is 53.7 Å². The van der Waals surface area contributed by atoms with E-state index in [2.05, 4.69) is 21.2 Å². The first-order valence-corrected chi connectivity index (χ1v) is 9.56. The van der Waals surface area contributed by atoms with Gasteiger partial charge in [-0.2, -0.15) is 0 Å². The number of methoxy groups -OCH3 is 1. The molecule has 5 nitrogen and oxygen atoms in total. The molecule has 0 unspecified atom stereocenters. The van der Waals surface area contributed by atoms with Gasteiger partial charge in [0.05, 0.1) is 23.1 Å². The number of thiazole rings is 1. The highest BCUT2D eigenvalue weighted by atomic mass is 32.2. The van der Waals surface area contributed by atoms with Crippen molar-refractivity contribution in [3.05, 3.63) is 53.5 Å². The Labute approximate surface area is 153 Å². The lowest BCUT2D eigenvalue weighted by atomic mass is 10.2. The van der Waals surface area contributed by atoms with Crippen LogP contribution in [0.25, 0.3) is 21.6 Å². The van der Waals surface area contributed by atoms with E-state index in [1.165, 1.54) is 4.70 Å². The predicted molar refractivity (Wildman–Crippen MR) is 102 cm³/mol. The number of fused-ring (bicyclic) bond motifs is 1. The monoisotopic (exact) mass is 368 g/mol. The molecule has 7 heteroatoms. The molecule has 0 saturated carbocycles. The van der Waals surface area contributed by atoms with Gasteiger partial charge in [0.1, 0.15) is 10.8 Å². The van der Waals surface area contributed by atoms with Gasteiger partial charge < -0.3 is 9.30 Å². The van der Waals surface area contributed by atoms with E-state index in [4.69, 9.17) is 4.74 Å². The van der Waals surface area contributed by atoms with Gasteiger partial charge in [0.15, 0.2) is 11.0 Å². The van der Waals surface area contributed by atoms with Crippen molar-refractivity contribution in [3.63, 3.8) is 0 Å². The summed E-state index contributed by atoms with van der Waals surface area (Å²) < 4.78 is 8.43. The fourth-order valence-electron chi connectivity index (χ4n) is 2.54. The minimum absolute atomic E-state index is 0.786. The molecule has 25 heavy (non-hydrogen) atoms. The SMILES string of the molecule is COc1ccc(-c2nnc(SCc3nc4ccccc4s3)n2C)cc1. The molecular weight excluding hydrogens is 352 g/mol. The van der Waals surface area contributed by atoms with Crippen LogP contribution in [0.2, 0.25) is 0 Å². The zero-order valence-corrected chi connectivity index (χ0v) is 15.5. The third-order valence-corrected chi connectivity index (χ3v) is 6.10. The fraction of sp³-hybridized carbons (Fsp3) is 0.167. The van der Waals surface area contributed by atoms with Crippen molar-refractivity contribution < 1.29 is 4.74 Å². The maximum atomic E-state index is 5.20. The summed E-state index contributed by atoms with van der Waals surface area (Å²) in [7, 11) is 3.65. The van der Waals surface area contributed by atoms with Crippen LogP contribution < -0.4 is 4.74 Å². The Balaban J connectivity index is 1.52. The highest BCUT2D eigenvalue weighted by Crippen LogP contribution is 2.29. The fourth-order valence-corrected chi connectivity index (χ4v) is 4.41. The highest BCUT2D eigenvalue weighted by Gasteiger charge is 2.12. The van der Waals surface area contributed by atoms with Crippen LogP contribution >= 0.6 is 23.1 Å². The topological polar surface area (TPSA) is 52.8 Å². The molecule has 126 valence electrons. The molecule has 0 spiro atoms. The lowest BCUT2D eigenvalue weighted by molar-refractivity contribution is 0.415. The molecule has 0 amide bonds. The van der Waals surface area contributed by atoms with E-state index >= 15 is 0 Å². The van der Waals surface area contributed by atoms with E-state index in [0.29, 0.717) is 0 Å². The quantitative estimate of drug-likeness (QED) is 0.489. The zero-order valence-electron chi connectivity index (χ0n) is 13.8. The first-order valence-electron chi connectivity index (χ1n) is 7.75. The van der Waals surface area contributed by atoms with Gasteiger partial charge in [0, 0.05) is 12.6 Å². The van der Waals surface area contributed by atoms with Crippen molar-refractivity contribution in [2.24, 2.45) is 7.05 Å². The number of ether oxygens (including phenoxy) is 1. The summed E-state index contributed by atoms with van der Waals surface area (Å²) in [6, 6.07) is 16.0. The summed E-state index contributed by atoms with van der Waals surface area (Å²) in [6.07, 6.45) is 0. The molecule has 0 fully saturated rings. The van der Waals surface area contributed by atoms with Gasteiger partial charge in [-0.1, -0.05) is 23.9 Å². The number of rotatable bonds is 5. The van der Waals surface area contributed by atoms with Crippen molar-refractivity contribution in [2.75, 3.05) is 7.11 Å². The molecule has 0 aliphatic heterocycles. The van der Waals surface area contributed by atoms with Crippen LogP contribution in [0.5, 0.6) is 5.75 Å². The molecule has 0 aliphatic rings. The number of thioether (sulfide) groups is 1. The van der Waals surface area contributed by atoms with Gasteiger partial charge in [-0.3, -0.25) is 0 Å². The van der Waals surface area contributed by atoms with Crippen LogP contribution in [0.1, 0.15) is 5.01 Å². The van der Waals surface area contributed by atoms with Crippen LogP contribution in [0, 0.1) is 0 Å². The molecular formula is C18H16N4OS2. The predicted octanol–water partition coefficient (Wildman–Crippen LogP) is 4.39. The summed E-state index contributed by atoms with van der Waals surface area (Å²) in [6.45, 7) is 0. The summed E-state index contributed by atoms with van der Waals surface area (Å²) in [4.78, 5) is 4.67. The van der Waals surface area contributed by atoms with Crippen LogP contribution in [-0.4, -0.2) is 26.9 Å². The Hall–Kier alpha value is -2.38. The third-order valence-electron chi connectivity index (χ3n) is 3.85. The molecule has 0 bridgehead atoms. The standard InChI is InChI=1S/C18H16N4OS2/c1-22-17(12-7-9-13(23-2)10-8-12)20-21-18(22)24-11-16-19-14-5-3-4-6-15(14)25-16/h3-10H,11H2,1-2H3. The first kappa shape index (κ1) is 16.1. The Bertz CT molecular complexity index is 975. The normalized spacial score (nSPS) is 11.1. The van der Waals surface area contributed by atoms with Gasteiger partial charge in [0.25, 0.3) is 0 Å². The maximum absolute atomic E-state index is 5.20. The molecule has 4 rings (SSSR count). The Morgan fingerprint density at radius 1 is 1.08 bits per heavy atom. The maximum Gasteiger partial charge on any atom is 0.191 e. The number of hydrogen-bond donors (Lipinski definition) is 0. The minimum atomic E-state index is 0.786. The van der Waals surface area contributed by atoms with E-state index in [9.17, 15) is 0 Å². The van der Waals surface area contributed by atoms with E-state index in [1.54, 1.807) is 30.2 Å². The average molecular weight is 368 g/mol. The highest BCUT2D eigenvalue weighted by molar-refractivity contribution is 7.98. The van der Waals surface area contributed by atoms with Crippen LogP contribution in [-0.2, 0) is 12.8 Å². The summed E-state index contributed by atoms with van der Waals surface area (Å²) >= 11 is 3.38. The lowest BCUT2D eigenvalue weighted by Crippen LogP contribution is -1.95. The second-order valence-electron chi connectivity index (χ2n) is 5.46. The van der Waals surface area contributed by atoms with Crippen LogP contribution in [0.4, 0.5) is 0 Å². The third kappa shape index (κ3) is 3.25. The number of hydrogen-bond acceptors (Lipinski definition) is 6. The van der Waals surface area contributed by atoms with Gasteiger partial charge >= 0.3 is 0 Å². The second kappa shape index (κ2) is 6.85. The Morgan fingerprint density at radius 2 is 1.88 bits per heavy atom. The molecule has 2 heterocycles. The summed E-state index contributed by atoms with van der Waals surface area (Å²) in [5, 5.41) is 10.6. The van der Waals surface area contributed by atoms with Crippen molar-refractivity contribution in [2.45, 2.75) is 10.9 Å². The number of aromatic nitrogens is 4. The zero-order chi connectivity index (χ0) is 17.2. The molecule has 0 radical (unpaired) electrons. The Morgan fingerprint density at radius 3 is 2.64 bits per heavy atom. The average Bonchev–Trinajstić information content (AvgIpc) is 3.23. The van der Waals surface area contributed by atoms with Gasteiger partial charge in [-0.15, -0.1) is 21.5 Å². The van der Waals surface area contributed by atoms with Crippen molar-refractivity contribution in [1.82, 2.24) is 19.7 Å². The number of para-hydroxylation sites is 1. The molecule has 0 N–H and O–H groups in total. The summed E-state index contributed by atoms with van der Waals surface area (Å²) in [5.41, 5.74) is 2.07. The van der Waals surface area contributed by atoms with E-state index in [-0.39, 0.29) is 0 Å². The van der Waals surface area contributed by atoms with E-state index < -0.39 is 0 Å². The molecule has 2 aromatic carbocycles. The lowest BCUT2D eigenvalue weighted by Gasteiger charge is -2.04.